The summed E-state index contributed by atoms with van der Waals surface area (Å²) in [6, 6.07) is 2.58. The zero-order chi connectivity index (χ0) is 14.9. The first-order valence-electron chi connectivity index (χ1n) is 6.83. The van der Waals surface area contributed by atoms with Crippen LogP contribution in [0.25, 0.3) is 0 Å². The summed E-state index contributed by atoms with van der Waals surface area (Å²) in [6.45, 7) is 6.24. The van der Waals surface area contributed by atoms with Crippen LogP contribution < -0.4 is 16.4 Å². The van der Waals surface area contributed by atoms with E-state index >= 15 is 0 Å². The van der Waals surface area contributed by atoms with Gasteiger partial charge in [0.15, 0.2) is 0 Å². The second-order valence-electron chi connectivity index (χ2n) is 5.59. The maximum Gasteiger partial charge on any atom is 0.263 e. The zero-order valence-corrected chi connectivity index (χ0v) is 12.8. The van der Waals surface area contributed by atoms with Crippen molar-refractivity contribution in [2.24, 2.45) is 5.92 Å². The Kier molecular flexibility index (Phi) is 4.19. The second-order valence-corrected chi connectivity index (χ2v) is 6.61. The van der Waals surface area contributed by atoms with Gasteiger partial charge in [0.2, 0.25) is 0 Å². The first-order valence-corrected chi connectivity index (χ1v) is 7.65. The van der Waals surface area contributed by atoms with E-state index in [4.69, 9.17) is 5.73 Å². The first-order chi connectivity index (χ1) is 9.43. The van der Waals surface area contributed by atoms with Crippen molar-refractivity contribution >= 4 is 27.9 Å². The fourth-order valence-corrected chi connectivity index (χ4v) is 2.75. The minimum absolute atomic E-state index is 0.170. The minimum Gasteiger partial charge on any atom is -0.396 e. The lowest BCUT2D eigenvalue weighted by molar-refractivity contribution is 0.0956. The number of nitriles is 1. The number of carbonyl (C=O) groups excluding carboxylic acids is 1. The van der Waals surface area contributed by atoms with Gasteiger partial charge in [-0.2, -0.15) is 5.26 Å². The van der Waals surface area contributed by atoms with E-state index in [1.807, 2.05) is 6.92 Å². The van der Waals surface area contributed by atoms with Crippen molar-refractivity contribution in [2.45, 2.75) is 45.7 Å². The van der Waals surface area contributed by atoms with Crippen molar-refractivity contribution in [1.82, 2.24) is 5.32 Å². The van der Waals surface area contributed by atoms with Crippen LogP contribution >= 0.6 is 11.3 Å². The third-order valence-electron chi connectivity index (χ3n) is 3.53. The van der Waals surface area contributed by atoms with E-state index in [1.54, 1.807) is 0 Å². The Morgan fingerprint density at radius 1 is 1.45 bits per heavy atom. The maximum atomic E-state index is 12.1. The molecule has 0 radical (unpaired) electrons. The number of rotatable bonds is 5. The van der Waals surface area contributed by atoms with E-state index in [0.29, 0.717) is 21.4 Å². The van der Waals surface area contributed by atoms with E-state index in [1.165, 1.54) is 11.3 Å². The topological polar surface area (TPSA) is 90.9 Å². The highest BCUT2D eigenvalue weighted by atomic mass is 32.1. The number of nitrogens with one attached hydrogen (secondary N) is 2. The van der Waals surface area contributed by atoms with Crippen LogP contribution in [0.5, 0.6) is 0 Å². The summed E-state index contributed by atoms with van der Waals surface area (Å²) in [7, 11) is 0. The van der Waals surface area contributed by atoms with Crippen LogP contribution in [0, 0.1) is 17.2 Å². The van der Waals surface area contributed by atoms with Crippen LogP contribution in [0.15, 0.2) is 0 Å². The average Bonchev–Trinajstić information content (AvgIpc) is 3.13. The molecule has 0 saturated heterocycles. The molecule has 0 spiro atoms. The van der Waals surface area contributed by atoms with Crippen LogP contribution in [-0.4, -0.2) is 18.0 Å². The molecule has 1 atom stereocenters. The summed E-state index contributed by atoms with van der Waals surface area (Å²) in [4.78, 5) is 12.5. The van der Waals surface area contributed by atoms with Gasteiger partial charge in [0.25, 0.3) is 5.91 Å². The lowest BCUT2D eigenvalue weighted by atomic mass is 10.1. The molecule has 0 aromatic carbocycles. The third kappa shape index (κ3) is 3.05. The maximum absolute atomic E-state index is 12.1. The first kappa shape index (κ1) is 14.7. The number of nitrogen functional groups attached to an aromatic ring is 1. The minimum atomic E-state index is -0.170. The molecule has 1 aromatic heterocycles. The number of hydrogen-bond donors (Lipinski definition) is 3. The number of thiophene rings is 1. The molecule has 2 rings (SSSR count). The average molecular weight is 292 g/mol. The Morgan fingerprint density at radius 3 is 2.60 bits per heavy atom. The summed E-state index contributed by atoms with van der Waals surface area (Å²) < 4.78 is 0. The lowest BCUT2D eigenvalue weighted by Gasteiger charge is -2.17. The Balaban J connectivity index is 2.23. The number of amides is 1. The third-order valence-corrected chi connectivity index (χ3v) is 4.67. The number of carbonyl (C=O) groups is 1. The Bertz CT molecular complexity index is 554. The van der Waals surface area contributed by atoms with Crippen LogP contribution in [0.3, 0.4) is 0 Å². The van der Waals surface area contributed by atoms with Gasteiger partial charge in [0, 0.05) is 12.1 Å². The standard InChI is InChI=1S/C14H20N4OS/c1-7(2)8(3)17-14-10(6-15)11(16)12(20-14)13(19)18-9-4-5-9/h7-9,17H,4-5,16H2,1-3H3,(H,18,19). The van der Waals surface area contributed by atoms with Gasteiger partial charge in [0.05, 0.1) is 5.69 Å². The molecule has 1 unspecified atom stereocenters. The fraction of sp³-hybridized carbons (Fsp3) is 0.571. The Labute approximate surface area is 123 Å². The van der Waals surface area contributed by atoms with Crippen LogP contribution in [0.2, 0.25) is 0 Å². The van der Waals surface area contributed by atoms with Crippen LogP contribution in [-0.2, 0) is 0 Å². The molecule has 4 N–H and O–H groups in total. The van der Waals surface area contributed by atoms with E-state index in [9.17, 15) is 10.1 Å². The van der Waals surface area contributed by atoms with Crippen molar-refractivity contribution in [3.8, 4) is 6.07 Å². The number of anilines is 2. The predicted molar refractivity (Wildman–Crippen MR) is 81.9 cm³/mol. The van der Waals surface area contributed by atoms with Crippen molar-refractivity contribution in [1.29, 1.82) is 5.26 Å². The van der Waals surface area contributed by atoms with Gasteiger partial charge >= 0.3 is 0 Å². The van der Waals surface area contributed by atoms with Crippen molar-refractivity contribution in [3.05, 3.63) is 10.4 Å². The van der Waals surface area contributed by atoms with Crippen molar-refractivity contribution in [2.75, 3.05) is 11.1 Å². The molecule has 5 nitrogen and oxygen atoms in total. The van der Waals surface area contributed by atoms with Gasteiger partial charge in [-0.15, -0.1) is 11.3 Å². The van der Waals surface area contributed by atoms with Crippen molar-refractivity contribution in [3.63, 3.8) is 0 Å². The Morgan fingerprint density at radius 2 is 2.10 bits per heavy atom. The van der Waals surface area contributed by atoms with E-state index in [2.05, 4.69) is 30.6 Å². The molecule has 108 valence electrons. The van der Waals surface area contributed by atoms with Gasteiger partial charge in [-0.25, -0.2) is 0 Å². The Hall–Kier alpha value is -1.74. The van der Waals surface area contributed by atoms with E-state index in [0.717, 1.165) is 12.8 Å². The summed E-state index contributed by atoms with van der Waals surface area (Å²) >= 11 is 1.26. The molecule has 1 aromatic rings. The SMILES string of the molecule is CC(C)C(C)Nc1sc(C(=O)NC2CC2)c(N)c1C#N. The van der Waals surface area contributed by atoms with Crippen LogP contribution in [0.4, 0.5) is 10.7 Å². The van der Waals surface area contributed by atoms with Gasteiger partial charge in [-0.1, -0.05) is 13.8 Å². The van der Waals surface area contributed by atoms with Crippen LogP contribution in [0.1, 0.15) is 48.8 Å². The number of nitrogens with two attached hydrogens (primary N) is 1. The highest BCUT2D eigenvalue weighted by Crippen LogP contribution is 2.36. The molecule has 0 aliphatic heterocycles. The lowest BCUT2D eigenvalue weighted by Crippen LogP contribution is -2.25. The molecule has 1 amide bonds. The molecule has 20 heavy (non-hydrogen) atoms. The summed E-state index contributed by atoms with van der Waals surface area (Å²) in [5, 5.41) is 16.1. The summed E-state index contributed by atoms with van der Waals surface area (Å²) in [6.07, 6.45) is 2.05. The molecular weight excluding hydrogens is 272 g/mol. The molecule has 1 saturated carbocycles. The predicted octanol–water partition coefficient (Wildman–Crippen LogP) is 2.55. The number of hydrogen-bond acceptors (Lipinski definition) is 5. The molecular formula is C14H20N4OS. The molecule has 1 aliphatic rings. The monoisotopic (exact) mass is 292 g/mol. The molecule has 1 fully saturated rings. The van der Waals surface area contributed by atoms with Crippen molar-refractivity contribution < 1.29 is 4.79 Å². The molecule has 1 aliphatic carbocycles. The van der Waals surface area contributed by atoms with E-state index < -0.39 is 0 Å². The zero-order valence-electron chi connectivity index (χ0n) is 12.0. The molecule has 1 heterocycles. The van der Waals surface area contributed by atoms with Gasteiger partial charge in [-0.3, -0.25) is 4.79 Å². The fourth-order valence-electron chi connectivity index (χ4n) is 1.68. The van der Waals surface area contributed by atoms with Gasteiger partial charge in [0.1, 0.15) is 21.5 Å². The normalized spacial score (nSPS) is 15.8. The second kappa shape index (κ2) is 5.71. The smallest absolute Gasteiger partial charge is 0.263 e. The largest absolute Gasteiger partial charge is 0.396 e. The summed E-state index contributed by atoms with van der Waals surface area (Å²) in [5.41, 5.74) is 6.62. The quantitative estimate of drug-likeness (QED) is 0.777. The highest BCUT2D eigenvalue weighted by Gasteiger charge is 2.28. The molecule has 0 bridgehead atoms. The summed E-state index contributed by atoms with van der Waals surface area (Å²) in [5.74, 6) is 0.255. The van der Waals surface area contributed by atoms with Gasteiger partial charge < -0.3 is 16.4 Å². The van der Waals surface area contributed by atoms with Gasteiger partial charge in [-0.05, 0) is 25.7 Å². The van der Waals surface area contributed by atoms with E-state index in [-0.39, 0.29) is 23.7 Å². The molecule has 6 heteroatoms. The highest BCUT2D eigenvalue weighted by molar-refractivity contribution is 7.19. The number of nitrogens with zero attached hydrogens (tertiary/aromatic N) is 1.